The van der Waals surface area contributed by atoms with Crippen molar-refractivity contribution in [3.8, 4) is 0 Å². The number of primary amides is 1. The molecule has 2 N–H and O–H groups in total. The fourth-order valence-corrected chi connectivity index (χ4v) is 3.01. The fraction of sp³-hybridized carbons (Fsp3) is 0.357. The molecule has 0 radical (unpaired) electrons. The lowest BCUT2D eigenvalue weighted by atomic mass is 10.2. The van der Waals surface area contributed by atoms with Crippen LogP contribution in [0.15, 0.2) is 34.2 Å². The van der Waals surface area contributed by atoms with Gasteiger partial charge in [-0.15, -0.1) is 0 Å². The Bertz CT molecular complexity index is 737. The van der Waals surface area contributed by atoms with Crippen molar-refractivity contribution in [2.24, 2.45) is 5.73 Å². The van der Waals surface area contributed by atoms with Crippen LogP contribution in [-0.2, 0) is 4.79 Å². The van der Waals surface area contributed by atoms with Crippen LogP contribution in [0.25, 0.3) is 10.9 Å². The van der Waals surface area contributed by atoms with E-state index in [0.717, 1.165) is 12.8 Å². The van der Waals surface area contributed by atoms with Crippen molar-refractivity contribution in [2.45, 2.75) is 36.2 Å². The maximum Gasteiger partial charge on any atom is 0.262 e. The molecule has 5 nitrogen and oxygen atoms in total. The molecule has 2 aromatic rings. The molecule has 104 valence electrons. The van der Waals surface area contributed by atoms with Gasteiger partial charge in [-0.05, 0) is 31.9 Å². The Kier molecular flexibility index (Phi) is 3.25. The number of carbonyl (C=O) groups excluding carboxylic acids is 1. The largest absolute Gasteiger partial charge is 0.369 e. The predicted molar refractivity (Wildman–Crippen MR) is 78.8 cm³/mol. The van der Waals surface area contributed by atoms with E-state index in [4.69, 9.17) is 5.73 Å². The summed E-state index contributed by atoms with van der Waals surface area (Å²) in [5.41, 5.74) is 5.93. The zero-order valence-electron chi connectivity index (χ0n) is 11.1. The minimum Gasteiger partial charge on any atom is -0.369 e. The van der Waals surface area contributed by atoms with Crippen molar-refractivity contribution < 1.29 is 4.79 Å². The van der Waals surface area contributed by atoms with Crippen LogP contribution in [0, 0.1) is 0 Å². The summed E-state index contributed by atoms with van der Waals surface area (Å²) in [6.45, 7) is 1.73. The molecular formula is C14H15N3O2S. The number of hydrogen-bond acceptors (Lipinski definition) is 4. The van der Waals surface area contributed by atoms with Crippen molar-refractivity contribution in [1.29, 1.82) is 0 Å². The first kappa shape index (κ1) is 13.2. The second-order valence-corrected chi connectivity index (χ2v) is 6.29. The van der Waals surface area contributed by atoms with Gasteiger partial charge in [0.15, 0.2) is 5.16 Å². The molecular weight excluding hydrogens is 274 g/mol. The van der Waals surface area contributed by atoms with Gasteiger partial charge in [0.05, 0.1) is 16.2 Å². The third-order valence-corrected chi connectivity index (χ3v) is 4.45. The van der Waals surface area contributed by atoms with E-state index < -0.39 is 11.2 Å². The summed E-state index contributed by atoms with van der Waals surface area (Å²) in [4.78, 5) is 28.3. The second-order valence-electron chi connectivity index (χ2n) is 4.98. The summed E-state index contributed by atoms with van der Waals surface area (Å²) >= 11 is 1.25. The van der Waals surface area contributed by atoms with Crippen LogP contribution in [-0.4, -0.2) is 20.7 Å². The number of rotatable bonds is 4. The number of nitrogens with two attached hydrogens (primary N) is 1. The van der Waals surface area contributed by atoms with E-state index in [0.29, 0.717) is 16.1 Å². The number of para-hydroxylation sites is 1. The summed E-state index contributed by atoms with van der Waals surface area (Å²) in [5, 5.41) is 0.797. The number of hydrogen-bond donors (Lipinski definition) is 1. The molecule has 6 heteroatoms. The summed E-state index contributed by atoms with van der Waals surface area (Å²) in [6.07, 6.45) is 1.97. The predicted octanol–water partition coefficient (Wildman–Crippen LogP) is 1.70. The van der Waals surface area contributed by atoms with Gasteiger partial charge in [0.2, 0.25) is 5.91 Å². The van der Waals surface area contributed by atoms with Crippen LogP contribution in [0.3, 0.4) is 0 Å². The Morgan fingerprint density at radius 2 is 2.15 bits per heavy atom. The topological polar surface area (TPSA) is 78.0 Å². The number of benzene rings is 1. The molecule has 1 aliphatic carbocycles. The number of fused-ring (bicyclic) bond motifs is 1. The summed E-state index contributed by atoms with van der Waals surface area (Å²) < 4.78 is 1.71. The highest BCUT2D eigenvalue weighted by atomic mass is 32.2. The number of thioether (sulfide) groups is 1. The molecule has 20 heavy (non-hydrogen) atoms. The highest BCUT2D eigenvalue weighted by Gasteiger charge is 2.29. The van der Waals surface area contributed by atoms with Gasteiger partial charge in [-0.2, -0.15) is 0 Å². The molecule has 1 fully saturated rings. The van der Waals surface area contributed by atoms with E-state index in [-0.39, 0.29) is 11.6 Å². The van der Waals surface area contributed by atoms with Crippen LogP contribution >= 0.6 is 11.8 Å². The van der Waals surface area contributed by atoms with Gasteiger partial charge in [-0.3, -0.25) is 14.2 Å². The zero-order chi connectivity index (χ0) is 14.3. The van der Waals surface area contributed by atoms with Crippen molar-refractivity contribution in [3.63, 3.8) is 0 Å². The third-order valence-electron chi connectivity index (χ3n) is 3.37. The van der Waals surface area contributed by atoms with E-state index in [1.165, 1.54) is 11.8 Å². The van der Waals surface area contributed by atoms with Crippen molar-refractivity contribution in [1.82, 2.24) is 9.55 Å². The van der Waals surface area contributed by atoms with Crippen molar-refractivity contribution in [2.75, 3.05) is 0 Å². The minimum atomic E-state index is -0.409. The molecule has 1 aromatic carbocycles. The van der Waals surface area contributed by atoms with Gasteiger partial charge in [0, 0.05) is 6.04 Å². The van der Waals surface area contributed by atoms with E-state index in [9.17, 15) is 9.59 Å². The SMILES string of the molecule is C[C@@H](Sc1nc2ccccc2c(=O)n1C1CC1)C(N)=O. The lowest BCUT2D eigenvalue weighted by Gasteiger charge is -2.14. The maximum atomic E-state index is 12.6. The first-order valence-electron chi connectivity index (χ1n) is 6.55. The normalized spacial score (nSPS) is 16.2. The van der Waals surface area contributed by atoms with Gasteiger partial charge in [0.25, 0.3) is 5.56 Å². The van der Waals surface area contributed by atoms with Crippen LogP contribution < -0.4 is 11.3 Å². The van der Waals surface area contributed by atoms with Crippen LogP contribution in [0.5, 0.6) is 0 Å². The number of carbonyl (C=O) groups is 1. The van der Waals surface area contributed by atoms with E-state index in [1.54, 1.807) is 17.6 Å². The molecule has 1 saturated carbocycles. The van der Waals surface area contributed by atoms with Crippen molar-refractivity contribution >= 4 is 28.6 Å². The summed E-state index contributed by atoms with van der Waals surface area (Å²) in [6, 6.07) is 7.49. The van der Waals surface area contributed by atoms with E-state index >= 15 is 0 Å². The maximum absolute atomic E-state index is 12.6. The Hall–Kier alpha value is -1.82. The molecule has 1 atom stereocenters. The quantitative estimate of drug-likeness (QED) is 0.686. The number of amides is 1. The highest BCUT2D eigenvalue weighted by Crippen LogP contribution is 2.37. The van der Waals surface area contributed by atoms with Gasteiger partial charge < -0.3 is 5.73 Å². The number of aromatic nitrogens is 2. The molecule has 1 amide bonds. The van der Waals surface area contributed by atoms with E-state index in [1.807, 2.05) is 18.2 Å². The van der Waals surface area contributed by atoms with Gasteiger partial charge in [0.1, 0.15) is 0 Å². The Morgan fingerprint density at radius 1 is 1.45 bits per heavy atom. The molecule has 1 aliphatic rings. The van der Waals surface area contributed by atoms with Gasteiger partial charge in [-0.25, -0.2) is 4.98 Å². The standard InChI is InChI=1S/C14H15N3O2S/c1-8(12(15)18)20-14-16-11-5-3-2-4-10(11)13(19)17(14)9-6-7-9/h2-5,8-9H,6-7H2,1H3,(H2,15,18)/t8-/m1/s1. The Labute approximate surface area is 120 Å². The molecule has 3 rings (SSSR count). The smallest absolute Gasteiger partial charge is 0.262 e. The summed E-state index contributed by atoms with van der Waals surface area (Å²) in [7, 11) is 0. The highest BCUT2D eigenvalue weighted by molar-refractivity contribution is 8.00. The Morgan fingerprint density at radius 3 is 2.80 bits per heavy atom. The molecule has 0 aliphatic heterocycles. The molecule has 0 spiro atoms. The fourth-order valence-electron chi connectivity index (χ4n) is 2.08. The average Bonchev–Trinajstić information content (AvgIpc) is 3.23. The van der Waals surface area contributed by atoms with E-state index in [2.05, 4.69) is 4.98 Å². The summed E-state index contributed by atoms with van der Waals surface area (Å²) in [5.74, 6) is -0.403. The minimum absolute atomic E-state index is 0.0303. The van der Waals surface area contributed by atoms with Crippen LogP contribution in [0.1, 0.15) is 25.8 Å². The van der Waals surface area contributed by atoms with Crippen molar-refractivity contribution in [3.05, 3.63) is 34.6 Å². The third kappa shape index (κ3) is 2.31. The van der Waals surface area contributed by atoms with Gasteiger partial charge >= 0.3 is 0 Å². The first-order valence-corrected chi connectivity index (χ1v) is 7.43. The molecule has 0 saturated heterocycles. The zero-order valence-corrected chi connectivity index (χ0v) is 11.9. The lowest BCUT2D eigenvalue weighted by Crippen LogP contribution is -2.26. The monoisotopic (exact) mass is 289 g/mol. The van der Waals surface area contributed by atoms with Gasteiger partial charge in [-0.1, -0.05) is 23.9 Å². The molecule has 0 bridgehead atoms. The Balaban J connectivity index is 2.16. The second kappa shape index (κ2) is 4.94. The lowest BCUT2D eigenvalue weighted by molar-refractivity contribution is -0.117. The molecule has 0 unspecified atom stereocenters. The van der Waals surface area contributed by atoms with Crippen LogP contribution in [0.4, 0.5) is 0 Å². The molecule has 1 heterocycles. The molecule has 1 aromatic heterocycles. The average molecular weight is 289 g/mol. The first-order chi connectivity index (χ1) is 9.58. The van der Waals surface area contributed by atoms with Crippen LogP contribution in [0.2, 0.25) is 0 Å². The number of nitrogens with zero attached hydrogens (tertiary/aromatic N) is 2.